The third-order valence-corrected chi connectivity index (χ3v) is 5.32. The van der Waals surface area contributed by atoms with Crippen molar-refractivity contribution < 1.29 is 4.79 Å². The molecule has 4 fully saturated rings. The van der Waals surface area contributed by atoms with Crippen molar-refractivity contribution in [2.24, 2.45) is 23.5 Å². The van der Waals surface area contributed by atoms with Gasteiger partial charge in [-0.2, -0.15) is 0 Å². The molecule has 1 atom stereocenters. The summed E-state index contributed by atoms with van der Waals surface area (Å²) in [5, 5.41) is 3.36. The van der Waals surface area contributed by atoms with Gasteiger partial charge in [0.05, 0.1) is 0 Å². The van der Waals surface area contributed by atoms with Crippen molar-refractivity contribution in [2.45, 2.75) is 57.0 Å². The Kier molecular flexibility index (Phi) is 3.24. The summed E-state index contributed by atoms with van der Waals surface area (Å²) in [7, 11) is 1.85. The molecule has 0 aromatic carbocycles. The number of carbonyl (C=O) groups is 1. The van der Waals surface area contributed by atoms with Crippen LogP contribution in [0.1, 0.15) is 45.4 Å². The van der Waals surface area contributed by atoms with Gasteiger partial charge < -0.3 is 16.0 Å². The number of hydrogen-bond acceptors (Lipinski definition) is 2. The Morgan fingerprint density at radius 2 is 1.74 bits per heavy atom. The Bertz CT molecular complexity index is 331. The van der Waals surface area contributed by atoms with E-state index < -0.39 is 0 Å². The van der Waals surface area contributed by atoms with Crippen LogP contribution in [-0.4, -0.2) is 36.1 Å². The molecule has 4 nitrogen and oxygen atoms in total. The molecule has 0 radical (unpaired) electrons. The first-order chi connectivity index (χ1) is 8.96. The quantitative estimate of drug-likeness (QED) is 0.819. The van der Waals surface area contributed by atoms with Gasteiger partial charge in [0.2, 0.25) is 0 Å². The summed E-state index contributed by atoms with van der Waals surface area (Å²) in [6, 6.07) is 0.103. The van der Waals surface area contributed by atoms with Crippen LogP contribution in [0.15, 0.2) is 0 Å². The largest absolute Gasteiger partial charge is 0.333 e. The molecule has 0 heterocycles. The van der Waals surface area contributed by atoms with Crippen molar-refractivity contribution in [1.82, 2.24) is 10.2 Å². The lowest BCUT2D eigenvalue weighted by Gasteiger charge is -2.57. The molecule has 4 bridgehead atoms. The van der Waals surface area contributed by atoms with Gasteiger partial charge in [-0.1, -0.05) is 0 Å². The van der Waals surface area contributed by atoms with Crippen molar-refractivity contribution in [3.8, 4) is 0 Å². The average Bonchev–Trinajstić information content (AvgIpc) is 2.24. The van der Waals surface area contributed by atoms with E-state index in [0.717, 1.165) is 17.8 Å². The van der Waals surface area contributed by atoms with Crippen molar-refractivity contribution in [1.29, 1.82) is 0 Å². The first-order valence-electron chi connectivity index (χ1n) is 7.74. The molecule has 19 heavy (non-hydrogen) atoms. The molecule has 0 aromatic heterocycles. The first kappa shape index (κ1) is 13.2. The van der Waals surface area contributed by atoms with Crippen molar-refractivity contribution in [3.63, 3.8) is 0 Å². The normalized spacial score (nSPS) is 41.1. The topological polar surface area (TPSA) is 58.4 Å². The van der Waals surface area contributed by atoms with Crippen LogP contribution in [0.4, 0.5) is 4.79 Å². The zero-order chi connectivity index (χ0) is 13.6. The van der Waals surface area contributed by atoms with Gasteiger partial charge in [0, 0.05) is 25.2 Å². The molecule has 4 heteroatoms. The molecule has 4 aliphatic carbocycles. The number of likely N-dealkylation sites (N-methyl/N-ethyl adjacent to an activating group) is 1. The molecule has 3 N–H and O–H groups in total. The number of rotatable bonds is 3. The van der Waals surface area contributed by atoms with Gasteiger partial charge in [-0.3, -0.25) is 0 Å². The maximum Gasteiger partial charge on any atom is 0.317 e. The molecule has 2 amide bonds. The second kappa shape index (κ2) is 4.65. The molecule has 0 aliphatic heterocycles. The molecule has 4 rings (SSSR count). The monoisotopic (exact) mass is 265 g/mol. The highest BCUT2D eigenvalue weighted by Gasteiger charge is 2.51. The number of carbonyl (C=O) groups excluding carboxylic acids is 1. The smallest absolute Gasteiger partial charge is 0.317 e. The second-order valence-electron chi connectivity index (χ2n) is 7.49. The van der Waals surface area contributed by atoms with E-state index in [0.29, 0.717) is 6.54 Å². The number of hydrogen-bond donors (Lipinski definition) is 2. The van der Waals surface area contributed by atoms with Crippen LogP contribution in [-0.2, 0) is 0 Å². The SMILES string of the molecule is CC(N)CN(C)C(=O)NC12CC3CC(CC(C3)C1)C2. The van der Waals surface area contributed by atoms with E-state index in [1.165, 1.54) is 38.5 Å². The third-order valence-electron chi connectivity index (χ3n) is 5.32. The van der Waals surface area contributed by atoms with E-state index in [4.69, 9.17) is 5.73 Å². The highest BCUT2D eigenvalue weighted by Crippen LogP contribution is 2.55. The Labute approximate surface area is 116 Å². The fraction of sp³-hybridized carbons (Fsp3) is 0.933. The summed E-state index contributed by atoms with van der Waals surface area (Å²) in [4.78, 5) is 14.1. The van der Waals surface area contributed by atoms with Crippen LogP contribution < -0.4 is 11.1 Å². The van der Waals surface area contributed by atoms with E-state index >= 15 is 0 Å². The minimum Gasteiger partial charge on any atom is -0.333 e. The molecular formula is C15H27N3O. The zero-order valence-corrected chi connectivity index (χ0v) is 12.2. The predicted molar refractivity (Wildman–Crippen MR) is 75.7 cm³/mol. The highest BCUT2D eigenvalue weighted by molar-refractivity contribution is 5.75. The average molecular weight is 265 g/mol. The first-order valence-corrected chi connectivity index (χ1v) is 7.74. The summed E-state index contributed by atoms with van der Waals surface area (Å²) >= 11 is 0. The van der Waals surface area contributed by atoms with Crippen LogP contribution in [0.5, 0.6) is 0 Å². The lowest BCUT2D eigenvalue weighted by Crippen LogP contribution is -2.62. The Morgan fingerprint density at radius 3 is 2.16 bits per heavy atom. The van der Waals surface area contributed by atoms with E-state index in [9.17, 15) is 4.79 Å². The van der Waals surface area contributed by atoms with Gasteiger partial charge in [0.25, 0.3) is 0 Å². The summed E-state index contributed by atoms with van der Waals surface area (Å²) in [5.74, 6) is 2.60. The number of nitrogens with zero attached hydrogens (tertiary/aromatic N) is 1. The van der Waals surface area contributed by atoms with Crippen LogP contribution >= 0.6 is 0 Å². The van der Waals surface area contributed by atoms with Gasteiger partial charge in [0.15, 0.2) is 0 Å². The minimum atomic E-state index is 0.0344. The van der Waals surface area contributed by atoms with Crippen LogP contribution in [0.3, 0.4) is 0 Å². The fourth-order valence-electron chi connectivity index (χ4n) is 5.10. The molecule has 4 aliphatic rings. The van der Waals surface area contributed by atoms with Gasteiger partial charge in [0.1, 0.15) is 0 Å². The molecule has 0 spiro atoms. The molecule has 1 unspecified atom stereocenters. The highest BCUT2D eigenvalue weighted by atomic mass is 16.2. The van der Waals surface area contributed by atoms with E-state index in [2.05, 4.69) is 5.32 Å². The molecule has 4 saturated carbocycles. The second-order valence-corrected chi connectivity index (χ2v) is 7.49. The minimum absolute atomic E-state index is 0.0344. The lowest BCUT2D eigenvalue weighted by atomic mass is 9.53. The van der Waals surface area contributed by atoms with E-state index in [-0.39, 0.29) is 17.6 Å². The number of nitrogens with two attached hydrogens (primary N) is 1. The Balaban J connectivity index is 1.64. The Hall–Kier alpha value is -0.770. The van der Waals surface area contributed by atoms with Crippen molar-refractivity contribution in [2.75, 3.05) is 13.6 Å². The number of amides is 2. The van der Waals surface area contributed by atoms with Crippen LogP contribution in [0.2, 0.25) is 0 Å². The predicted octanol–water partition coefficient (Wildman–Crippen LogP) is 1.94. The number of urea groups is 1. The van der Waals surface area contributed by atoms with E-state index in [1.54, 1.807) is 4.90 Å². The molecule has 0 saturated heterocycles. The standard InChI is InChI=1S/C15H27N3O/c1-10(16)9-18(2)14(19)17-15-6-11-3-12(7-15)5-13(4-11)8-15/h10-13H,3-9,16H2,1-2H3,(H,17,19). The summed E-state index contributed by atoms with van der Waals surface area (Å²) < 4.78 is 0. The van der Waals surface area contributed by atoms with Crippen molar-refractivity contribution in [3.05, 3.63) is 0 Å². The maximum absolute atomic E-state index is 12.3. The van der Waals surface area contributed by atoms with Crippen LogP contribution in [0, 0.1) is 17.8 Å². The lowest BCUT2D eigenvalue weighted by molar-refractivity contribution is -0.0153. The third kappa shape index (κ3) is 2.60. The van der Waals surface area contributed by atoms with Gasteiger partial charge >= 0.3 is 6.03 Å². The molecular weight excluding hydrogens is 238 g/mol. The van der Waals surface area contributed by atoms with Gasteiger partial charge in [-0.15, -0.1) is 0 Å². The Morgan fingerprint density at radius 1 is 1.26 bits per heavy atom. The number of nitrogens with one attached hydrogen (secondary N) is 1. The fourth-order valence-corrected chi connectivity index (χ4v) is 5.10. The van der Waals surface area contributed by atoms with Gasteiger partial charge in [-0.05, 0) is 63.2 Å². The van der Waals surface area contributed by atoms with Crippen LogP contribution in [0.25, 0.3) is 0 Å². The molecule has 0 aromatic rings. The van der Waals surface area contributed by atoms with Crippen molar-refractivity contribution >= 4 is 6.03 Å². The van der Waals surface area contributed by atoms with Gasteiger partial charge in [-0.25, -0.2) is 4.79 Å². The zero-order valence-electron chi connectivity index (χ0n) is 12.2. The molecule has 108 valence electrons. The summed E-state index contributed by atoms with van der Waals surface area (Å²) in [6.07, 6.45) is 7.84. The maximum atomic E-state index is 12.3. The van der Waals surface area contributed by atoms with E-state index in [1.807, 2.05) is 14.0 Å². The summed E-state index contributed by atoms with van der Waals surface area (Å²) in [6.45, 7) is 2.56. The summed E-state index contributed by atoms with van der Waals surface area (Å²) in [5.41, 5.74) is 5.88.